The van der Waals surface area contributed by atoms with E-state index >= 15 is 0 Å². The maximum absolute atomic E-state index is 13.2. The molecule has 19 heavy (non-hydrogen) atoms. The van der Waals surface area contributed by atoms with Crippen LogP contribution < -0.4 is 0 Å². The van der Waals surface area contributed by atoms with Crippen LogP contribution in [0.2, 0.25) is 0 Å². The molecule has 0 saturated carbocycles. The number of hydrogen-bond acceptors (Lipinski definition) is 3. The topological polar surface area (TPSA) is 46.0 Å². The predicted molar refractivity (Wildman–Crippen MR) is 57.9 cm³/mol. The van der Waals surface area contributed by atoms with E-state index in [2.05, 4.69) is 9.97 Å². The SMILES string of the molecule is Oc1cc(Cc2cc(F)cc(C(F)(F)F)c2)ncn1. The smallest absolute Gasteiger partial charge is 0.416 e. The van der Waals surface area contributed by atoms with Gasteiger partial charge in [-0.1, -0.05) is 0 Å². The molecule has 1 heterocycles. The van der Waals surface area contributed by atoms with Gasteiger partial charge in [0.05, 0.1) is 11.3 Å². The first-order chi connectivity index (χ1) is 8.84. The summed E-state index contributed by atoms with van der Waals surface area (Å²) in [6.07, 6.45) is -3.56. The van der Waals surface area contributed by atoms with Crippen LogP contribution in [0.25, 0.3) is 0 Å². The maximum Gasteiger partial charge on any atom is 0.416 e. The molecule has 1 aromatic heterocycles. The fraction of sp³-hybridized carbons (Fsp3) is 0.167. The second-order valence-corrected chi connectivity index (χ2v) is 3.89. The highest BCUT2D eigenvalue weighted by Crippen LogP contribution is 2.30. The van der Waals surface area contributed by atoms with Crippen LogP contribution in [-0.4, -0.2) is 15.1 Å². The Kier molecular flexibility index (Phi) is 3.37. The van der Waals surface area contributed by atoms with Crippen molar-refractivity contribution in [2.45, 2.75) is 12.6 Å². The highest BCUT2D eigenvalue weighted by molar-refractivity contribution is 5.30. The summed E-state index contributed by atoms with van der Waals surface area (Å²) in [6, 6.07) is 3.48. The third kappa shape index (κ3) is 3.40. The number of rotatable bonds is 2. The standard InChI is InChI=1S/C12H8F4N2O/c13-9-2-7(1-8(4-9)12(14,15)16)3-10-5-11(19)18-6-17-10/h1-2,4-6H,3H2,(H,17,18,19). The minimum absolute atomic E-state index is 0.0308. The molecule has 0 bridgehead atoms. The highest BCUT2D eigenvalue weighted by Gasteiger charge is 2.31. The van der Waals surface area contributed by atoms with Gasteiger partial charge in [-0.05, 0) is 23.8 Å². The summed E-state index contributed by atoms with van der Waals surface area (Å²) in [4.78, 5) is 7.23. The van der Waals surface area contributed by atoms with Gasteiger partial charge in [0.1, 0.15) is 12.1 Å². The monoisotopic (exact) mass is 272 g/mol. The van der Waals surface area contributed by atoms with Crippen LogP contribution in [0.3, 0.4) is 0 Å². The number of aromatic hydroxyl groups is 1. The zero-order valence-electron chi connectivity index (χ0n) is 9.45. The third-order valence-corrected chi connectivity index (χ3v) is 2.38. The van der Waals surface area contributed by atoms with Crippen molar-refractivity contribution in [3.63, 3.8) is 0 Å². The van der Waals surface area contributed by atoms with E-state index in [1.807, 2.05) is 0 Å². The van der Waals surface area contributed by atoms with Gasteiger partial charge in [0.25, 0.3) is 0 Å². The molecule has 0 spiro atoms. The van der Waals surface area contributed by atoms with Crippen LogP contribution in [-0.2, 0) is 12.6 Å². The summed E-state index contributed by atoms with van der Waals surface area (Å²) in [5.74, 6) is -1.26. The highest BCUT2D eigenvalue weighted by atomic mass is 19.4. The maximum atomic E-state index is 13.2. The number of aromatic nitrogens is 2. The quantitative estimate of drug-likeness (QED) is 0.855. The molecule has 0 unspecified atom stereocenters. The van der Waals surface area contributed by atoms with E-state index in [4.69, 9.17) is 5.11 Å². The molecule has 1 aromatic carbocycles. The number of halogens is 4. The fourth-order valence-electron chi connectivity index (χ4n) is 1.61. The predicted octanol–water partition coefficient (Wildman–Crippen LogP) is 2.93. The van der Waals surface area contributed by atoms with E-state index in [1.54, 1.807) is 0 Å². The van der Waals surface area contributed by atoms with Gasteiger partial charge in [-0.2, -0.15) is 13.2 Å². The summed E-state index contributed by atoms with van der Waals surface area (Å²) >= 11 is 0. The van der Waals surface area contributed by atoms with Crippen molar-refractivity contribution < 1.29 is 22.7 Å². The molecular formula is C12H8F4N2O. The lowest BCUT2D eigenvalue weighted by atomic mass is 10.1. The van der Waals surface area contributed by atoms with Gasteiger partial charge in [-0.25, -0.2) is 14.4 Å². The number of hydrogen-bond donors (Lipinski definition) is 1. The van der Waals surface area contributed by atoms with E-state index in [0.717, 1.165) is 18.5 Å². The van der Waals surface area contributed by atoms with Crippen molar-refractivity contribution in [1.29, 1.82) is 0 Å². The molecule has 100 valence electrons. The van der Waals surface area contributed by atoms with Gasteiger partial charge in [0, 0.05) is 12.5 Å². The van der Waals surface area contributed by atoms with Crippen molar-refractivity contribution in [2.75, 3.05) is 0 Å². The molecule has 0 amide bonds. The Labute approximate surface area is 105 Å². The minimum Gasteiger partial charge on any atom is -0.493 e. The lowest BCUT2D eigenvalue weighted by Gasteiger charge is -2.09. The molecule has 0 radical (unpaired) electrons. The second-order valence-electron chi connectivity index (χ2n) is 3.89. The van der Waals surface area contributed by atoms with Crippen LogP contribution in [0.4, 0.5) is 17.6 Å². The molecule has 0 aliphatic carbocycles. The lowest BCUT2D eigenvalue weighted by molar-refractivity contribution is -0.137. The van der Waals surface area contributed by atoms with E-state index in [1.165, 1.54) is 6.07 Å². The van der Waals surface area contributed by atoms with E-state index in [9.17, 15) is 17.6 Å². The summed E-state index contributed by atoms with van der Waals surface area (Å²) in [6.45, 7) is 0. The second kappa shape index (κ2) is 4.83. The molecule has 7 heteroatoms. The molecule has 0 aliphatic heterocycles. The average Bonchev–Trinajstić information content (AvgIpc) is 2.26. The molecule has 1 N–H and O–H groups in total. The summed E-state index contributed by atoms with van der Waals surface area (Å²) < 4.78 is 50.7. The summed E-state index contributed by atoms with van der Waals surface area (Å²) in [5.41, 5.74) is -0.641. The number of alkyl halides is 3. The molecule has 2 rings (SSSR count). The van der Waals surface area contributed by atoms with Crippen molar-refractivity contribution in [3.8, 4) is 5.88 Å². The average molecular weight is 272 g/mol. The van der Waals surface area contributed by atoms with Crippen molar-refractivity contribution in [3.05, 3.63) is 53.2 Å². The van der Waals surface area contributed by atoms with Crippen LogP contribution in [0.1, 0.15) is 16.8 Å². The molecule has 3 nitrogen and oxygen atoms in total. The van der Waals surface area contributed by atoms with E-state index in [0.29, 0.717) is 11.8 Å². The third-order valence-electron chi connectivity index (χ3n) is 2.38. The van der Waals surface area contributed by atoms with Crippen molar-refractivity contribution >= 4 is 0 Å². The summed E-state index contributed by atoms with van der Waals surface area (Å²) in [5, 5.41) is 9.12. The van der Waals surface area contributed by atoms with Gasteiger partial charge in [-0.3, -0.25) is 0 Å². The first-order valence-electron chi connectivity index (χ1n) is 5.21. The normalized spacial score (nSPS) is 11.6. The van der Waals surface area contributed by atoms with Crippen LogP contribution in [0.15, 0.2) is 30.6 Å². The zero-order valence-corrected chi connectivity index (χ0v) is 9.45. The van der Waals surface area contributed by atoms with Gasteiger partial charge in [-0.15, -0.1) is 0 Å². The summed E-state index contributed by atoms with van der Waals surface area (Å²) in [7, 11) is 0. The Bertz CT molecular complexity index is 599. The molecule has 0 atom stereocenters. The van der Waals surface area contributed by atoms with Crippen molar-refractivity contribution in [1.82, 2.24) is 9.97 Å². The largest absolute Gasteiger partial charge is 0.493 e. The molecule has 0 fully saturated rings. The van der Waals surface area contributed by atoms with Crippen LogP contribution in [0, 0.1) is 5.82 Å². The van der Waals surface area contributed by atoms with Gasteiger partial charge in [0.15, 0.2) is 0 Å². The molecular weight excluding hydrogens is 264 g/mol. The molecule has 2 aromatic rings. The van der Waals surface area contributed by atoms with Gasteiger partial charge < -0.3 is 5.11 Å². The zero-order chi connectivity index (χ0) is 14.0. The van der Waals surface area contributed by atoms with Gasteiger partial charge in [0.2, 0.25) is 5.88 Å². The van der Waals surface area contributed by atoms with Crippen LogP contribution in [0.5, 0.6) is 5.88 Å². The Hall–Kier alpha value is -2.18. The van der Waals surface area contributed by atoms with Gasteiger partial charge >= 0.3 is 6.18 Å². The Morgan fingerprint density at radius 3 is 2.42 bits per heavy atom. The first kappa shape index (κ1) is 13.3. The fourth-order valence-corrected chi connectivity index (χ4v) is 1.61. The number of nitrogens with zero attached hydrogens (tertiary/aromatic N) is 2. The lowest BCUT2D eigenvalue weighted by Crippen LogP contribution is -2.06. The Morgan fingerprint density at radius 1 is 1.05 bits per heavy atom. The molecule has 0 aliphatic rings. The minimum atomic E-state index is -4.61. The molecule has 0 saturated heterocycles. The first-order valence-corrected chi connectivity index (χ1v) is 5.21. The van der Waals surface area contributed by atoms with E-state index < -0.39 is 17.6 Å². The number of benzene rings is 1. The van der Waals surface area contributed by atoms with E-state index in [-0.39, 0.29) is 17.9 Å². The van der Waals surface area contributed by atoms with Crippen molar-refractivity contribution in [2.24, 2.45) is 0 Å². The van der Waals surface area contributed by atoms with Crippen LogP contribution >= 0.6 is 0 Å². The Morgan fingerprint density at radius 2 is 1.79 bits per heavy atom. The Balaban J connectivity index is 2.33.